The molecule has 2 rings (SSSR count). The Morgan fingerprint density at radius 2 is 2.21 bits per heavy atom. The highest BCUT2D eigenvalue weighted by Gasteiger charge is 2.25. The van der Waals surface area contributed by atoms with Gasteiger partial charge < -0.3 is 10.6 Å². The average molecular weight is 260 g/mol. The summed E-state index contributed by atoms with van der Waals surface area (Å²) in [5.74, 6) is 0.770. The van der Waals surface area contributed by atoms with E-state index in [-0.39, 0.29) is 11.9 Å². The van der Waals surface area contributed by atoms with Gasteiger partial charge in [0.1, 0.15) is 0 Å². The van der Waals surface area contributed by atoms with Crippen molar-refractivity contribution in [2.75, 3.05) is 11.4 Å². The third-order valence-electron chi connectivity index (χ3n) is 3.70. The number of nitrogens with two attached hydrogens (primary N) is 1. The summed E-state index contributed by atoms with van der Waals surface area (Å²) in [7, 11) is 0. The van der Waals surface area contributed by atoms with Gasteiger partial charge in [-0.1, -0.05) is 25.1 Å². The second kappa shape index (κ2) is 6.20. The fraction of sp³-hybridized carbons (Fsp3) is 0.562. The molecule has 1 aromatic carbocycles. The Kier molecular flexibility index (Phi) is 4.59. The third kappa shape index (κ3) is 3.57. The summed E-state index contributed by atoms with van der Waals surface area (Å²) >= 11 is 0. The Hall–Kier alpha value is -1.35. The molecule has 0 aromatic heterocycles. The van der Waals surface area contributed by atoms with Crippen molar-refractivity contribution in [3.8, 4) is 0 Å². The lowest BCUT2D eigenvalue weighted by atomic mass is 9.93. The number of amides is 1. The van der Waals surface area contributed by atoms with E-state index >= 15 is 0 Å². The fourth-order valence-electron chi connectivity index (χ4n) is 2.74. The number of nitrogens with zero attached hydrogens (tertiary/aromatic N) is 1. The first-order valence-electron chi connectivity index (χ1n) is 7.21. The van der Waals surface area contributed by atoms with Crippen LogP contribution in [0.3, 0.4) is 0 Å². The molecule has 1 aliphatic rings. The first-order valence-corrected chi connectivity index (χ1v) is 7.21. The number of carbonyl (C=O) groups excluding carboxylic acids is 1. The molecule has 3 nitrogen and oxygen atoms in total. The van der Waals surface area contributed by atoms with Crippen LogP contribution < -0.4 is 10.6 Å². The second-order valence-corrected chi connectivity index (χ2v) is 5.81. The monoisotopic (exact) mass is 260 g/mol. The normalized spacial score (nSPS) is 19.9. The van der Waals surface area contributed by atoms with Crippen molar-refractivity contribution < 1.29 is 4.79 Å². The van der Waals surface area contributed by atoms with Crippen molar-refractivity contribution in [1.82, 2.24) is 0 Å². The number of anilines is 1. The second-order valence-electron chi connectivity index (χ2n) is 5.81. The van der Waals surface area contributed by atoms with E-state index in [1.54, 1.807) is 0 Å². The molecule has 3 heteroatoms. The van der Waals surface area contributed by atoms with Crippen molar-refractivity contribution in [2.45, 2.75) is 45.6 Å². The van der Waals surface area contributed by atoms with Gasteiger partial charge in [0, 0.05) is 24.7 Å². The zero-order valence-corrected chi connectivity index (χ0v) is 11.9. The molecule has 2 N–H and O–H groups in total. The molecule has 0 saturated heterocycles. The molecule has 0 fully saturated rings. The lowest BCUT2D eigenvalue weighted by molar-refractivity contribution is -0.119. The van der Waals surface area contributed by atoms with Crippen LogP contribution in [0.25, 0.3) is 0 Å². The number of rotatable bonds is 4. The highest BCUT2D eigenvalue weighted by atomic mass is 16.2. The predicted molar refractivity (Wildman–Crippen MR) is 79.2 cm³/mol. The molecule has 2 atom stereocenters. The van der Waals surface area contributed by atoms with Gasteiger partial charge in [-0.25, -0.2) is 0 Å². The Labute approximate surface area is 115 Å². The molecule has 1 aromatic rings. The van der Waals surface area contributed by atoms with E-state index in [0.29, 0.717) is 12.3 Å². The summed E-state index contributed by atoms with van der Waals surface area (Å²) < 4.78 is 0. The smallest absolute Gasteiger partial charge is 0.226 e. The van der Waals surface area contributed by atoms with Crippen LogP contribution in [0.1, 0.15) is 38.7 Å². The van der Waals surface area contributed by atoms with Crippen molar-refractivity contribution in [3.05, 3.63) is 29.8 Å². The lowest BCUT2D eigenvalue weighted by Crippen LogP contribution is -2.39. The van der Waals surface area contributed by atoms with Gasteiger partial charge in [-0.15, -0.1) is 0 Å². The van der Waals surface area contributed by atoms with Crippen LogP contribution >= 0.6 is 0 Å². The highest BCUT2D eigenvalue weighted by Crippen LogP contribution is 2.30. The van der Waals surface area contributed by atoms with Crippen LogP contribution in [-0.4, -0.2) is 18.5 Å². The molecule has 0 bridgehead atoms. The number of benzene rings is 1. The van der Waals surface area contributed by atoms with E-state index in [4.69, 9.17) is 5.73 Å². The zero-order chi connectivity index (χ0) is 13.8. The van der Waals surface area contributed by atoms with E-state index < -0.39 is 0 Å². The van der Waals surface area contributed by atoms with Gasteiger partial charge in [0.25, 0.3) is 0 Å². The van der Waals surface area contributed by atoms with E-state index in [1.807, 2.05) is 17.9 Å². The van der Waals surface area contributed by atoms with Crippen LogP contribution in [0.15, 0.2) is 24.3 Å². The molecule has 104 valence electrons. The van der Waals surface area contributed by atoms with E-state index in [9.17, 15) is 4.79 Å². The standard InChI is InChI=1S/C16H24N2O/c1-12-10-14-7-3-4-8-15(14)18(11-12)16(19)9-5-6-13(2)17/h3-4,7-8,12-13H,5-6,9-11,17H2,1-2H3. The SMILES string of the molecule is CC(N)CCCC(=O)N1CC(C)Cc2ccccc21. The summed E-state index contributed by atoms with van der Waals surface area (Å²) in [4.78, 5) is 14.3. The van der Waals surface area contributed by atoms with Crippen molar-refractivity contribution in [2.24, 2.45) is 11.7 Å². The molecule has 1 aliphatic heterocycles. The quantitative estimate of drug-likeness (QED) is 0.904. The topological polar surface area (TPSA) is 46.3 Å². The minimum atomic E-state index is 0.181. The van der Waals surface area contributed by atoms with Crippen molar-refractivity contribution in [1.29, 1.82) is 0 Å². The van der Waals surface area contributed by atoms with Crippen LogP contribution in [0.5, 0.6) is 0 Å². The van der Waals surface area contributed by atoms with Gasteiger partial charge in [0.2, 0.25) is 5.91 Å². The Morgan fingerprint density at radius 1 is 1.47 bits per heavy atom. The van der Waals surface area contributed by atoms with Crippen LogP contribution in [0.2, 0.25) is 0 Å². The zero-order valence-electron chi connectivity index (χ0n) is 11.9. The van der Waals surface area contributed by atoms with Crippen LogP contribution in [0.4, 0.5) is 5.69 Å². The molecule has 2 unspecified atom stereocenters. The Morgan fingerprint density at radius 3 is 2.95 bits per heavy atom. The largest absolute Gasteiger partial charge is 0.328 e. The van der Waals surface area contributed by atoms with E-state index in [1.165, 1.54) is 5.56 Å². The lowest BCUT2D eigenvalue weighted by Gasteiger charge is -2.33. The summed E-state index contributed by atoms with van der Waals surface area (Å²) in [6.07, 6.45) is 3.46. The number of fused-ring (bicyclic) bond motifs is 1. The first kappa shape index (κ1) is 14.1. The predicted octanol–water partition coefficient (Wildman–Crippen LogP) is 2.73. The molecule has 19 heavy (non-hydrogen) atoms. The Bertz CT molecular complexity index is 442. The van der Waals surface area contributed by atoms with Crippen molar-refractivity contribution >= 4 is 11.6 Å². The molecule has 0 spiro atoms. The minimum absolute atomic E-state index is 0.181. The third-order valence-corrected chi connectivity index (χ3v) is 3.70. The molecule has 1 amide bonds. The number of hydrogen-bond acceptors (Lipinski definition) is 2. The summed E-state index contributed by atoms with van der Waals surface area (Å²) in [5.41, 5.74) is 8.13. The fourth-order valence-corrected chi connectivity index (χ4v) is 2.74. The maximum absolute atomic E-state index is 12.4. The maximum atomic E-state index is 12.4. The van der Waals surface area contributed by atoms with Gasteiger partial charge in [-0.3, -0.25) is 4.79 Å². The minimum Gasteiger partial charge on any atom is -0.328 e. The van der Waals surface area contributed by atoms with Gasteiger partial charge in [0.05, 0.1) is 0 Å². The average Bonchev–Trinajstić information content (AvgIpc) is 2.37. The molecule has 0 aliphatic carbocycles. The molecule has 0 saturated carbocycles. The van der Waals surface area contributed by atoms with E-state index in [2.05, 4.69) is 25.1 Å². The van der Waals surface area contributed by atoms with Gasteiger partial charge in [0.15, 0.2) is 0 Å². The molecular formula is C16H24N2O. The maximum Gasteiger partial charge on any atom is 0.226 e. The van der Waals surface area contributed by atoms with Crippen LogP contribution in [0, 0.1) is 5.92 Å². The van der Waals surface area contributed by atoms with Gasteiger partial charge >= 0.3 is 0 Å². The van der Waals surface area contributed by atoms with E-state index in [0.717, 1.165) is 31.5 Å². The summed E-state index contributed by atoms with van der Waals surface area (Å²) in [5, 5.41) is 0. The van der Waals surface area contributed by atoms with Gasteiger partial charge in [-0.05, 0) is 43.7 Å². The first-order chi connectivity index (χ1) is 9.08. The molecule has 0 radical (unpaired) electrons. The molecule has 1 heterocycles. The van der Waals surface area contributed by atoms with Crippen molar-refractivity contribution in [3.63, 3.8) is 0 Å². The summed E-state index contributed by atoms with van der Waals surface area (Å²) in [6, 6.07) is 8.44. The number of para-hydroxylation sites is 1. The Balaban J connectivity index is 2.05. The molecular weight excluding hydrogens is 236 g/mol. The van der Waals surface area contributed by atoms with Gasteiger partial charge in [-0.2, -0.15) is 0 Å². The number of carbonyl (C=O) groups is 1. The number of hydrogen-bond donors (Lipinski definition) is 1. The summed E-state index contributed by atoms with van der Waals surface area (Å²) in [6.45, 7) is 5.04. The highest BCUT2D eigenvalue weighted by molar-refractivity contribution is 5.94. The van der Waals surface area contributed by atoms with Crippen LogP contribution in [-0.2, 0) is 11.2 Å².